The SMILES string of the molecule is COc1ccc(C)cc1C(C)NC(=O)NC(c1ccccc1)C1CC1. The Kier molecular flexibility index (Phi) is 5.27. The van der Waals surface area contributed by atoms with E-state index in [-0.39, 0.29) is 18.1 Å². The lowest BCUT2D eigenvalue weighted by molar-refractivity contribution is 0.232. The number of ether oxygens (including phenoxy) is 1. The third kappa shape index (κ3) is 4.32. The lowest BCUT2D eigenvalue weighted by Crippen LogP contribution is -2.40. The minimum absolute atomic E-state index is 0.0767. The van der Waals surface area contributed by atoms with Crippen molar-refractivity contribution in [1.82, 2.24) is 10.6 Å². The zero-order valence-corrected chi connectivity index (χ0v) is 15.1. The summed E-state index contributed by atoms with van der Waals surface area (Å²) in [6.07, 6.45) is 2.34. The van der Waals surface area contributed by atoms with Crippen LogP contribution in [0.2, 0.25) is 0 Å². The number of hydrogen-bond acceptors (Lipinski definition) is 2. The van der Waals surface area contributed by atoms with Gasteiger partial charge in [-0.15, -0.1) is 0 Å². The first-order valence-electron chi connectivity index (χ1n) is 8.85. The Morgan fingerprint density at radius 2 is 1.84 bits per heavy atom. The molecule has 2 aromatic rings. The van der Waals surface area contributed by atoms with Crippen LogP contribution in [0, 0.1) is 12.8 Å². The fourth-order valence-electron chi connectivity index (χ4n) is 3.21. The molecule has 2 unspecified atom stereocenters. The second-order valence-corrected chi connectivity index (χ2v) is 6.81. The van der Waals surface area contributed by atoms with Gasteiger partial charge in [0.1, 0.15) is 5.75 Å². The van der Waals surface area contributed by atoms with Crippen molar-refractivity contribution in [2.45, 2.75) is 38.8 Å². The molecule has 2 amide bonds. The molecule has 0 saturated heterocycles. The maximum Gasteiger partial charge on any atom is 0.315 e. The number of amides is 2. The minimum Gasteiger partial charge on any atom is -0.496 e. The van der Waals surface area contributed by atoms with Crippen molar-refractivity contribution in [1.29, 1.82) is 0 Å². The summed E-state index contributed by atoms with van der Waals surface area (Å²) in [5.41, 5.74) is 3.30. The highest BCUT2D eigenvalue weighted by atomic mass is 16.5. The number of aryl methyl sites for hydroxylation is 1. The normalized spacial score (nSPS) is 16.0. The predicted molar refractivity (Wildman–Crippen MR) is 99.7 cm³/mol. The average Bonchev–Trinajstić information content (AvgIpc) is 3.45. The van der Waals surface area contributed by atoms with Crippen LogP contribution in [0.25, 0.3) is 0 Å². The quantitative estimate of drug-likeness (QED) is 0.814. The van der Waals surface area contributed by atoms with Crippen molar-refractivity contribution in [3.8, 4) is 5.75 Å². The summed E-state index contributed by atoms with van der Waals surface area (Å²) >= 11 is 0. The van der Waals surface area contributed by atoms with E-state index in [1.807, 2.05) is 44.2 Å². The number of benzene rings is 2. The molecule has 2 aromatic carbocycles. The van der Waals surface area contributed by atoms with Crippen LogP contribution in [0.15, 0.2) is 48.5 Å². The van der Waals surface area contributed by atoms with Crippen LogP contribution >= 0.6 is 0 Å². The Bertz CT molecular complexity index is 726. The van der Waals surface area contributed by atoms with E-state index in [9.17, 15) is 4.79 Å². The summed E-state index contributed by atoms with van der Waals surface area (Å²) in [5, 5.41) is 6.21. The third-order valence-electron chi connectivity index (χ3n) is 4.74. The molecule has 0 radical (unpaired) electrons. The van der Waals surface area contributed by atoms with Gasteiger partial charge < -0.3 is 15.4 Å². The van der Waals surface area contributed by atoms with Crippen molar-refractivity contribution >= 4 is 6.03 Å². The molecule has 0 aromatic heterocycles. The first kappa shape index (κ1) is 17.3. The molecule has 4 nitrogen and oxygen atoms in total. The van der Waals surface area contributed by atoms with Crippen molar-refractivity contribution in [3.05, 3.63) is 65.2 Å². The van der Waals surface area contributed by atoms with Gasteiger partial charge in [0.2, 0.25) is 0 Å². The van der Waals surface area contributed by atoms with Crippen LogP contribution in [0.5, 0.6) is 5.75 Å². The van der Waals surface area contributed by atoms with Gasteiger partial charge >= 0.3 is 6.03 Å². The molecular formula is C21H26N2O2. The summed E-state index contributed by atoms with van der Waals surface area (Å²) in [6.45, 7) is 4.01. The molecule has 25 heavy (non-hydrogen) atoms. The molecule has 3 rings (SSSR count). The Morgan fingerprint density at radius 1 is 1.12 bits per heavy atom. The van der Waals surface area contributed by atoms with Crippen LogP contribution in [0.1, 0.15) is 48.5 Å². The summed E-state index contributed by atoms with van der Waals surface area (Å²) < 4.78 is 5.43. The van der Waals surface area contributed by atoms with E-state index in [1.54, 1.807) is 7.11 Å². The lowest BCUT2D eigenvalue weighted by Gasteiger charge is -2.22. The number of urea groups is 1. The predicted octanol–water partition coefficient (Wildman–Crippen LogP) is 4.52. The van der Waals surface area contributed by atoms with Crippen molar-refractivity contribution in [2.75, 3.05) is 7.11 Å². The molecular weight excluding hydrogens is 312 g/mol. The second kappa shape index (κ2) is 7.60. The number of carbonyl (C=O) groups excluding carboxylic acids is 1. The molecule has 0 bridgehead atoms. The minimum atomic E-state index is -0.142. The molecule has 0 aliphatic heterocycles. The van der Waals surface area contributed by atoms with Gasteiger partial charge in [-0.2, -0.15) is 0 Å². The highest BCUT2D eigenvalue weighted by Crippen LogP contribution is 2.41. The molecule has 2 N–H and O–H groups in total. The maximum absolute atomic E-state index is 12.6. The molecule has 0 heterocycles. The van der Waals surface area contributed by atoms with Gasteiger partial charge in [-0.3, -0.25) is 0 Å². The van der Waals surface area contributed by atoms with Gasteiger partial charge in [0.15, 0.2) is 0 Å². The van der Waals surface area contributed by atoms with Gasteiger partial charge in [-0.1, -0.05) is 48.0 Å². The maximum atomic E-state index is 12.6. The van der Waals surface area contributed by atoms with Gasteiger partial charge in [0.25, 0.3) is 0 Å². The van der Waals surface area contributed by atoms with E-state index < -0.39 is 0 Å². The first-order valence-corrected chi connectivity index (χ1v) is 8.85. The number of methoxy groups -OCH3 is 1. The molecule has 132 valence electrons. The van der Waals surface area contributed by atoms with Gasteiger partial charge in [-0.25, -0.2) is 4.79 Å². The van der Waals surface area contributed by atoms with Gasteiger partial charge in [0.05, 0.1) is 19.2 Å². The second-order valence-electron chi connectivity index (χ2n) is 6.81. The lowest BCUT2D eigenvalue weighted by atomic mass is 10.0. The summed E-state index contributed by atoms with van der Waals surface area (Å²) in [6, 6.07) is 16.0. The third-order valence-corrected chi connectivity index (χ3v) is 4.74. The molecule has 1 fully saturated rings. The Labute approximate surface area is 149 Å². The summed E-state index contributed by atoms with van der Waals surface area (Å²) in [7, 11) is 1.65. The van der Waals surface area contributed by atoms with Crippen molar-refractivity contribution < 1.29 is 9.53 Å². The van der Waals surface area contributed by atoms with E-state index in [0.29, 0.717) is 5.92 Å². The van der Waals surface area contributed by atoms with E-state index in [4.69, 9.17) is 4.74 Å². The van der Waals surface area contributed by atoms with E-state index in [1.165, 1.54) is 18.4 Å². The van der Waals surface area contributed by atoms with Crippen LogP contribution in [0.4, 0.5) is 4.79 Å². The van der Waals surface area contributed by atoms with E-state index in [2.05, 4.69) is 28.8 Å². The highest BCUT2D eigenvalue weighted by molar-refractivity contribution is 5.75. The van der Waals surface area contributed by atoms with Crippen molar-refractivity contribution in [3.63, 3.8) is 0 Å². The van der Waals surface area contributed by atoms with E-state index in [0.717, 1.165) is 16.9 Å². The smallest absolute Gasteiger partial charge is 0.315 e. The van der Waals surface area contributed by atoms with Crippen LogP contribution in [0.3, 0.4) is 0 Å². The first-order chi connectivity index (χ1) is 12.1. The summed E-state index contributed by atoms with van der Waals surface area (Å²) in [5.74, 6) is 1.33. The molecule has 4 heteroatoms. The van der Waals surface area contributed by atoms with Crippen LogP contribution in [-0.2, 0) is 0 Å². The largest absolute Gasteiger partial charge is 0.496 e. The summed E-state index contributed by atoms with van der Waals surface area (Å²) in [4.78, 5) is 12.6. The number of hydrogen-bond donors (Lipinski definition) is 2. The number of carbonyl (C=O) groups is 1. The Hall–Kier alpha value is -2.49. The standard InChI is InChI=1S/C21H26N2O2/c1-14-9-12-19(25-3)18(13-14)15(2)22-21(24)23-20(17-10-11-17)16-7-5-4-6-8-16/h4-9,12-13,15,17,20H,10-11H2,1-3H3,(H2,22,23,24). The topological polar surface area (TPSA) is 50.4 Å². The van der Waals surface area contributed by atoms with E-state index >= 15 is 0 Å². The molecule has 1 saturated carbocycles. The fourth-order valence-corrected chi connectivity index (χ4v) is 3.21. The van der Waals surface area contributed by atoms with Gasteiger partial charge in [0, 0.05) is 5.56 Å². The zero-order chi connectivity index (χ0) is 17.8. The fraction of sp³-hybridized carbons (Fsp3) is 0.381. The van der Waals surface area contributed by atoms with Crippen LogP contribution in [-0.4, -0.2) is 13.1 Å². The number of nitrogens with one attached hydrogen (secondary N) is 2. The monoisotopic (exact) mass is 338 g/mol. The van der Waals surface area contributed by atoms with Crippen molar-refractivity contribution in [2.24, 2.45) is 5.92 Å². The Morgan fingerprint density at radius 3 is 2.48 bits per heavy atom. The van der Waals surface area contributed by atoms with Gasteiger partial charge in [-0.05, 0) is 44.2 Å². The van der Waals surface area contributed by atoms with Crippen LogP contribution < -0.4 is 15.4 Å². The molecule has 1 aliphatic rings. The Balaban J connectivity index is 1.68. The zero-order valence-electron chi connectivity index (χ0n) is 15.1. The molecule has 1 aliphatic carbocycles. The molecule has 2 atom stereocenters. The number of rotatable bonds is 6. The molecule has 0 spiro atoms. The highest BCUT2D eigenvalue weighted by Gasteiger charge is 2.33. The average molecular weight is 338 g/mol.